The summed E-state index contributed by atoms with van der Waals surface area (Å²) in [4.78, 5) is 12.9. The van der Waals surface area contributed by atoms with E-state index in [-0.39, 0.29) is 32.1 Å². The molecular weight excluding hydrogens is 220 g/mol. The fraction of sp³-hybridized carbons (Fsp3) is 0.700. The van der Waals surface area contributed by atoms with Crippen LogP contribution in [0.3, 0.4) is 0 Å². The highest BCUT2D eigenvalue weighted by atomic mass is 19.3. The zero-order valence-corrected chi connectivity index (χ0v) is 9.07. The molecule has 0 saturated heterocycles. The quantitative estimate of drug-likeness (QED) is 0.473. The number of carbonyl (C=O) groups excluding carboxylic acids is 1. The average Bonchev–Trinajstić information content (AvgIpc) is 2.23. The van der Waals surface area contributed by atoms with Gasteiger partial charge in [0.15, 0.2) is 0 Å². The van der Waals surface area contributed by atoms with Gasteiger partial charge in [0.05, 0.1) is 19.6 Å². The van der Waals surface area contributed by atoms with Crippen LogP contribution in [0, 0.1) is 0 Å². The first kappa shape index (κ1) is 15.0. The van der Waals surface area contributed by atoms with E-state index in [1.807, 2.05) is 0 Å². The number of nitrogens with zero attached hydrogens (tertiary/aromatic N) is 1. The minimum absolute atomic E-state index is 0.0283. The Hall–Kier alpha value is -1.01. The zero-order chi connectivity index (χ0) is 12.4. The Morgan fingerprint density at radius 1 is 1.56 bits per heavy atom. The standard InChI is InChI=1S/C10H17F2NO3/c1-2-4-13(5-6-14)10(15)3-7-16-8-9(11)12/h2,9,14H,1,3-8H2. The van der Waals surface area contributed by atoms with Gasteiger partial charge in [0.2, 0.25) is 5.91 Å². The third-order valence-corrected chi connectivity index (χ3v) is 1.78. The maximum absolute atomic E-state index is 11.7. The first-order valence-electron chi connectivity index (χ1n) is 4.97. The second kappa shape index (κ2) is 9.23. The summed E-state index contributed by atoms with van der Waals surface area (Å²) < 4.78 is 28.0. The maximum atomic E-state index is 11.7. The fourth-order valence-corrected chi connectivity index (χ4v) is 1.08. The normalized spacial score (nSPS) is 10.5. The van der Waals surface area contributed by atoms with Crippen LogP contribution in [0.1, 0.15) is 6.42 Å². The van der Waals surface area contributed by atoms with Crippen molar-refractivity contribution in [3.8, 4) is 0 Å². The average molecular weight is 237 g/mol. The van der Waals surface area contributed by atoms with Crippen LogP contribution in [-0.4, -0.2) is 55.2 Å². The molecule has 0 saturated carbocycles. The highest BCUT2D eigenvalue weighted by Gasteiger charge is 2.11. The molecule has 0 aliphatic rings. The molecule has 6 heteroatoms. The van der Waals surface area contributed by atoms with E-state index in [1.165, 1.54) is 11.0 Å². The Kier molecular flexibility index (Phi) is 8.65. The van der Waals surface area contributed by atoms with Crippen LogP contribution in [0.5, 0.6) is 0 Å². The summed E-state index contributed by atoms with van der Waals surface area (Å²) in [6, 6.07) is 0. The highest BCUT2D eigenvalue weighted by Crippen LogP contribution is 1.97. The fourth-order valence-electron chi connectivity index (χ4n) is 1.08. The van der Waals surface area contributed by atoms with Gasteiger partial charge in [-0.05, 0) is 0 Å². The molecule has 0 aromatic carbocycles. The zero-order valence-electron chi connectivity index (χ0n) is 9.07. The lowest BCUT2D eigenvalue weighted by molar-refractivity contribution is -0.132. The number of amides is 1. The molecule has 0 aromatic rings. The van der Waals surface area contributed by atoms with E-state index in [1.54, 1.807) is 0 Å². The smallest absolute Gasteiger partial charge is 0.261 e. The summed E-state index contributed by atoms with van der Waals surface area (Å²) in [6.07, 6.45) is -0.953. The van der Waals surface area contributed by atoms with E-state index in [0.717, 1.165) is 0 Å². The Morgan fingerprint density at radius 2 is 2.25 bits per heavy atom. The van der Waals surface area contributed by atoms with Crippen LogP contribution in [0.25, 0.3) is 0 Å². The highest BCUT2D eigenvalue weighted by molar-refractivity contribution is 5.76. The second-order valence-electron chi connectivity index (χ2n) is 3.07. The number of aliphatic hydroxyl groups is 1. The van der Waals surface area contributed by atoms with E-state index in [2.05, 4.69) is 11.3 Å². The minimum Gasteiger partial charge on any atom is -0.395 e. The monoisotopic (exact) mass is 237 g/mol. The molecule has 0 atom stereocenters. The summed E-state index contributed by atoms with van der Waals surface area (Å²) in [5.74, 6) is -0.247. The Balaban J connectivity index is 3.77. The maximum Gasteiger partial charge on any atom is 0.261 e. The van der Waals surface area contributed by atoms with Gasteiger partial charge in [-0.15, -0.1) is 6.58 Å². The Labute approximate surface area is 93.5 Å². The van der Waals surface area contributed by atoms with Gasteiger partial charge in [-0.25, -0.2) is 8.78 Å². The van der Waals surface area contributed by atoms with Gasteiger partial charge < -0.3 is 14.7 Å². The molecule has 94 valence electrons. The van der Waals surface area contributed by atoms with E-state index >= 15 is 0 Å². The van der Waals surface area contributed by atoms with Gasteiger partial charge in [0.1, 0.15) is 6.61 Å². The molecule has 16 heavy (non-hydrogen) atoms. The molecule has 1 amide bonds. The van der Waals surface area contributed by atoms with Crippen LogP contribution in [0.2, 0.25) is 0 Å². The molecule has 1 N–H and O–H groups in total. The van der Waals surface area contributed by atoms with Crippen molar-refractivity contribution in [1.82, 2.24) is 4.90 Å². The molecule has 0 aliphatic heterocycles. The summed E-state index contributed by atoms with van der Waals surface area (Å²) >= 11 is 0. The number of carbonyl (C=O) groups is 1. The van der Waals surface area contributed by atoms with Crippen molar-refractivity contribution in [2.45, 2.75) is 12.8 Å². The Morgan fingerprint density at radius 3 is 2.75 bits per heavy atom. The molecular formula is C10H17F2NO3. The van der Waals surface area contributed by atoms with Crippen molar-refractivity contribution in [3.05, 3.63) is 12.7 Å². The number of ether oxygens (including phenoxy) is 1. The minimum atomic E-state index is -2.52. The number of rotatable bonds is 9. The lowest BCUT2D eigenvalue weighted by Gasteiger charge is -2.19. The van der Waals surface area contributed by atoms with Crippen molar-refractivity contribution >= 4 is 5.91 Å². The van der Waals surface area contributed by atoms with Gasteiger partial charge in [0, 0.05) is 13.1 Å². The summed E-state index contributed by atoms with van der Waals surface area (Å²) in [5.41, 5.74) is 0. The lowest BCUT2D eigenvalue weighted by atomic mass is 10.3. The molecule has 0 fully saturated rings. The molecule has 0 spiro atoms. The molecule has 0 aliphatic carbocycles. The number of alkyl halides is 2. The first-order chi connectivity index (χ1) is 7.61. The van der Waals surface area contributed by atoms with Gasteiger partial charge >= 0.3 is 0 Å². The number of halogens is 2. The molecule has 0 radical (unpaired) electrons. The van der Waals surface area contributed by atoms with Crippen LogP contribution in [0.15, 0.2) is 12.7 Å². The summed E-state index contributed by atoms with van der Waals surface area (Å²) in [6.45, 7) is 3.18. The van der Waals surface area contributed by atoms with Crippen molar-refractivity contribution in [2.24, 2.45) is 0 Å². The SMILES string of the molecule is C=CCN(CCO)C(=O)CCOCC(F)F. The van der Waals surface area contributed by atoms with Crippen molar-refractivity contribution in [2.75, 3.05) is 32.9 Å². The first-order valence-corrected chi connectivity index (χ1v) is 4.97. The number of aliphatic hydroxyl groups excluding tert-OH is 1. The van der Waals surface area contributed by atoms with Crippen LogP contribution in [-0.2, 0) is 9.53 Å². The van der Waals surface area contributed by atoms with Gasteiger partial charge in [0.25, 0.3) is 6.43 Å². The predicted octanol–water partition coefficient (Wildman–Crippen LogP) is 0.665. The van der Waals surface area contributed by atoms with Crippen molar-refractivity contribution < 1.29 is 23.4 Å². The third-order valence-electron chi connectivity index (χ3n) is 1.78. The molecule has 0 rings (SSSR count). The van der Waals surface area contributed by atoms with E-state index < -0.39 is 13.0 Å². The van der Waals surface area contributed by atoms with Crippen LogP contribution >= 0.6 is 0 Å². The second-order valence-corrected chi connectivity index (χ2v) is 3.07. The van der Waals surface area contributed by atoms with Gasteiger partial charge in [-0.1, -0.05) is 6.08 Å². The molecule has 0 bridgehead atoms. The third kappa shape index (κ3) is 7.30. The molecule has 0 unspecified atom stereocenters. The summed E-state index contributed by atoms with van der Waals surface area (Å²) in [7, 11) is 0. The topological polar surface area (TPSA) is 49.8 Å². The largest absolute Gasteiger partial charge is 0.395 e. The Bertz CT molecular complexity index is 212. The van der Waals surface area contributed by atoms with Gasteiger partial charge in [-0.2, -0.15) is 0 Å². The lowest BCUT2D eigenvalue weighted by Crippen LogP contribution is -2.34. The van der Waals surface area contributed by atoms with E-state index in [4.69, 9.17) is 5.11 Å². The molecule has 4 nitrogen and oxygen atoms in total. The van der Waals surface area contributed by atoms with Crippen LogP contribution in [0.4, 0.5) is 8.78 Å². The van der Waals surface area contributed by atoms with Gasteiger partial charge in [-0.3, -0.25) is 4.79 Å². The van der Waals surface area contributed by atoms with E-state index in [0.29, 0.717) is 6.54 Å². The summed E-state index contributed by atoms with van der Waals surface area (Å²) in [5, 5.41) is 8.70. The molecule has 0 aromatic heterocycles. The van der Waals surface area contributed by atoms with Crippen molar-refractivity contribution in [3.63, 3.8) is 0 Å². The number of hydrogen-bond acceptors (Lipinski definition) is 3. The van der Waals surface area contributed by atoms with Crippen molar-refractivity contribution in [1.29, 1.82) is 0 Å². The molecule has 0 heterocycles. The number of hydrogen-bond donors (Lipinski definition) is 1. The van der Waals surface area contributed by atoms with Crippen LogP contribution < -0.4 is 0 Å². The predicted molar refractivity (Wildman–Crippen MR) is 55.3 cm³/mol. The van der Waals surface area contributed by atoms with E-state index in [9.17, 15) is 13.6 Å².